The van der Waals surface area contributed by atoms with Gasteiger partial charge in [0, 0.05) is 22.3 Å². The van der Waals surface area contributed by atoms with Crippen LogP contribution in [0.3, 0.4) is 0 Å². The zero-order valence-electron chi connectivity index (χ0n) is 11.7. The first kappa shape index (κ1) is 15.4. The Balaban J connectivity index is 1.88. The van der Waals surface area contributed by atoms with Crippen LogP contribution < -0.4 is 15.8 Å². The van der Waals surface area contributed by atoms with Crippen molar-refractivity contribution < 1.29 is 9.53 Å². The lowest BCUT2D eigenvalue weighted by molar-refractivity contribution is 0.0954. The van der Waals surface area contributed by atoms with Crippen molar-refractivity contribution in [1.82, 2.24) is 5.32 Å². The number of carbonyl (C=O) groups excluding carboxylic acids is 1. The minimum Gasteiger partial charge on any atom is -0.497 e. The lowest BCUT2D eigenvalue weighted by atomic mass is 10.1. The summed E-state index contributed by atoms with van der Waals surface area (Å²) >= 11 is 3.33. The number of nitrogens with two attached hydrogens (primary N) is 1. The molecule has 21 heavy (non-hydrogen) atoms. The minimum absolute atomic E-state index is 0.128. The summed E-state index contributed by atoms with van der Waals surface area (Å²) in [7, 11) is 1.64. The van der Waals surface area contributed by atoms with E-state index in [0.717, 1.165) is 22.2 Å². The number of nitrogen functional groups attached to an aromatic ring is 1. The number of ether oxygens (including phenoxy) is 1. The molecule has 0 aliphatic carbocycles. The molecule has 0 aromatic heterocycles. The van der Waals surface area contributed by atoms with Crippen molar-refractivity contribution >= 4 is 27.5 Å². The van der Waals surface area contributed by atoms with E-state index in [2.05, 4.69) is 21.2 Å². The van der Waals surface area contributed by atoms with Crippen molar-refractivity contribution in [3.05, 3.63) is 58.1 Å². The molecule has 5 heteroatoms. The highest BCUT2D eigenvalue weighted by atomic mass is 79.9. The molecule has 1 amide bonds. The summed E-state index contributed by atoms with van der Waals surface area (Å²) in [5.74, 6) is 0.698. The quantitative estimate of drug-likeness (QED) is 0.816. The Kier molecular flexibility index (Phi) is 5.22. The fourth-order valence-corrected chi connectivity index (χ4v) is 2.47. The highest BCUT2D eigenvalue weighted by Crippen LogP contribution is 2.17. The molecule has 0 aliphatic rings. The molecule has 3 N–H and O–H groups in total. The second-order valence-electron chi connectivity index (χ2n) is 4.63. The van der Waals surface area contributed by atoms with Gasteiger partial charge in [0.15, 0.2) is 0 Å². The Morgan fingerprint density at radius 1 is 1.24 bits per heavy atom. The summed E-state index contributed by atoms with van der Waals surface area (Å²) in [4.78, 5) is 12.0. The first-order valence-corrected chi connectivity index (χ1v) is 7.35. The van der Waals surface area contributed by atoms with Gasteiger partial charge in [-0.15, -0.1) is 0 Å². The summed E-state index contributed by atoms with van der Waals surface area (Å²) in [6.07, 6.45) is 0.763. The van der Waals surface area contributed by atoms with Crippen LogP contribution in [0.4, 0.5) is 5.69 Å². The molecule has 110 valence electrons. The van der Waals surface area contributed by atoms with Crippen molar-refractivity contribution in [2.24, 2.45) is 0 Å². The lowest BCUT2D eigenvalue weighted by Gasteiger charge is -2.07. The fraction of sp³-hybridized carbons (Fsp3) is 0.188. The molecule has 0 radical (unpaired) electrons. The number of carbonyl (C=O) groups is 1. The third-order valence-electron chi connectivity index (χ3n) is 3.04. The fourth-order valence-electron chi connectivity index (χ4n) is 1.96. The maximum atomic E-state index is 12.0. The smallest absolute Gasteiger partial charge is 0.251 e. The number of halogens is 1. The molecule has 0 aliphatic heterocycles. The number of benzene rings is 2. The highest BCUT2D eigenvalue weighted by Gasteiger charge is 2.06. The summed E-state index contributed by atoms with van der Waals surface area (Å²) in [5, 5.41) is 2.88. The molecule has 0 atom stereocenters. The molecule has 2 aromatic carbocycles. The average Bonchev–Trinajstić information content (AvgIpc) is 2.47. The Morgan fingerprint density at radius 2 is 1.95 bits per heavy atom. The van der Waals surface area contributed by atoms with Crippen LogP contribution in [0.5, 0.6) is 5.75 Å². The number of hydrogen-bond acceptors (Lipinski definition) is 3. The van der Waals surface area contributed by atoms with Gasteiger partial charge in [-0.05, 0) is 42.3 Å². The monoisotopic (exact) mass is 348 g/mol. The Bertz CT molecular complexity index is 606. The van der Waals surface area contributed by atoms with Crippen LogP contribution >= 0.6 is 15.9 Å². The van der Waals surface area contributed by atoms with E-state index in [0.29, 0.717) is 17.8 Å². The van der Waals surface area contributed by atoms with Gasteiger partial charge in [0.2, 0.25) is 0 Å². The first-order valence-electron chi connectivity index (χ1n) is 6.55. The van der Waals surface area contributed by atoms with Crippen LogP contribution in [-0.4, -0.2) is 19.6 Å². The Morgan fingerprint density at radius 3 is 2.57 bits per heavy atom. The summed E-state index contributed by atoms with van der Waals surface area (Å²) in [5.41, 5.74) is 7.98. The van der Waals surface area contributed by atoms with E-state index < -0.39 is 0 Å². The third kappa shape index (κ3) is 4.49. The number of amides is 1. The van der Waals surface area contributed by atoms with Crippen LogP contribution in [0.15, 0.2) is 46.9 Å². The first-order chi connectivity index (χ1) is 10.1. The molecule has 0 fully saturated rings. The van der Waals surface area contributed by atoms with Crippen molar-refractivity contribution in [2.45, 2.75) is 6.42 Å². The SMILES string of the molecule is COc1ccc(CCNC(=O)c2cc(N)cc(Br)c2)cc1. The normalized spacial score (nSPS) is 10.2. The Labute approximate surface area is 132 Å². The van der Waals surface area contributed by atoms with Gasteiger partial charge < -0.3 is 15.8 Å². The van der Waals surface area contributed by atoms with Gasteiger partial charge in [0.05, 0.1) is 7.11 Å². The average molecular weight is 349 g/mol. The van der Waals surface area contributed by atoms with Crippen LogP contribution in [0.2, 0.25) is 0 Å². The van der Waals surface area contributed by atoms with Crippen LogP contribution in [-0.2, 0) is 6.42 Å². The molecule has 0 saturated carbocycles. The van der Waals surface area contributed by atoms with Gasteiger partial charge in [-0.25, -0.2) is 0 Å². The molecular weight excluding hydrogens is 332 g/mol. The van der Waals surface area contributed by atoms with E-state index in [4.69, 9.17) is 10.5 Å². The largest absolute Gasteiger partial charge is 0.497 e. The van der Waals surface area contributed by atoms with E-state index in [9.17, 15) is 4.79 Å². The van der Waals surface area contributed by atoms with Gasteiger partial charge in [-0.2, -0.15) is 0 Å². The van der Waals surface area contributed by atoms with Gasteiger partial charge in [-0.3, -0.25) is 4.79 Å². The molecule has 2 rings (SSSR count). The van der Waals surface area contributed by atoms with Crippen LogP contribution in [0.1, 0.15) is 15.9 Å². The van der Waals surface area contributed by atoms with Gasteiger partial charge in [0.25, 0.3) is 5.91 Å². The number of anilines is 1. The van der Waals surface area contributed by atoms with Gasteiger partial charge in [-0.1, -0.05) is 28.1 Å². The maximum absolute atomic E-state index is 12.0. The second kappa shape index (κ2) is 7.13. The maximum Gasteiger partial charge on any atom is 0.251 e. The van der Waals surface area contributed by atoms with Gasteiger partial charge in [0.1, 0.15) is 5.75 Å². The van der Waals surface area contributed by atoms with Crippen molar-refractivity contribution in [3.8, 4) is 5.75 Å². The van der Waals surface area contributed by atoms with Crippen molar-refractivity contribution in [3.63, 3.8) is 0 Å². The molecule has 0 saturated heterocycles. The molecule has 0 unspecified atom stereocenters. The van der Waals surface area contributed by atoms with E-state index in [-0.39, 0.29) is 5.91 Å². The van der Waals surface area contributed by atoms with E-state index in [1.165, 1.54) is 0 Å². The number of rotatable bonds is 5. The summed E-state index contributed by atoms with van der Waals surface area (Å²) in [6, 6.07) is 13.0. The zero-order valence-corrected chi connectivity index (χ0v) is 13.3. The standard InChI is InChI=1S/C16H17BrN2O2/c1-21-15-4-2-11(3-5-15)6-7-19-16(20)12-8-13(17)10-14(18)9-12/h2-5,8-10H,6-7,18H2,1H3,(H,19,20). The van der Waals surface area contributed by atoms with Crippen LogP contribution in [0, 0.1) is 0 Å². The molecule has 2 aromatic rings. The van der Waals surface area contributed by atoms with Crippen molar-refractivity contribution in [2.75, 3.05) is 19.4 Å². The predicted molar refractivity (Wildman–Crippen MR) is 87.6 cm³/mol. The molecule has 0 spiro atoms. The summed E-state index contributed by atoms with van der Waals surface area (Å²) in [6.45, 7) is 0.567. The lowest BCUT2D eigenvalue weighted by Crippen LogP contribution is -2.25. The minimum atomic E-state index is -0.128. The van der Waals surface area contributed by atoms with Gasteiger partial charge >= 0.3 is 0 Å². The van der Waals surface area contributed by atoms with Crippen molar-refractivity contribution in [1.29, 1.82) is 0 Å². The number of methoxy groups -OCH3 is 1. The zero-order chi connectivity index (χ0) is 15.2. The summed E-state index contributed by atoms with van der Waals surface area (Å²) < 4.78 is 5.90. The number of nitrogens with one attached hydrogen (secondary N) is 1. The second-order valence-corrected chi connectivity index (χ2v) is 5.54. The topological polar surface area (TPSA) is 64.3 Å². The van der Waals surface area contributed by atoms with E-state index in [1.54, 1.807) is 25.3 Å². The molecular formula is C16H17BrN2O2. The Hall–Kier alpha value is -2.01. The van der Waals surface area contributed by atoms with Crippen LogP contribution in [0.25, 0.3) is 0 Å². The van der Waals surface area contributed by atoms with E-state index in [1.807, 2.05) is 24.3 Å². The van der Waals surface area contributed by atoms with E-state index >= 15 is 0 Å². The third-order valence-corrected chi connectivity index (χ3v) is 3.50. The molecule has 0 bridgehead atoms. The molecule has 4 nitrogen and oxygen atoms in total. The number of hydrogen-bond donors (Lipinski definition) is 2. The molecule has 0 heterocycles. The predicted octanol–water partition coefficient (Wildman–Crippen LogP) is 3.01. The highest BCUT2D eigenvalue weighted by molar-refractivity contribution is 9.10.